The molecule has 0 spiro atoms. The van der Waals surface area contributed by atoms with Gasteiger partial charge in [-0.3, -0.25) is 4.79 Å². The maximum Gasteiger partial charge on any atom is 0.258 e. The highest BCUT2D eigenvalue weighted by atomic mass is 35.5. The summed E-state index contributed by atoms with van der Waals surface area (Å²) in [5.41, 5.74) is 1.66. The molecule has 0 aromatic heterocycles. The maximum absolute atomic E-state index is 12.6. The van der Waals surface area contributed by atoms with Crippen molar-refractivity contribution in [1.29, 1.82) is 0 Å². The van der Waals surface area contributed by atoms with Crippen LogP contribution in [0.4, 0.5) is 0 Å². The van der Waals surface area contributed by atoms with Crippen LogP contribution in [-0.4, -0.2) is 38.3 Å². The number of hydrogen-bond acceptors (Lipinski definition) is 4. The molecule has 0 unspecified atom stereocenters. The molecule has 1 atom stereocenters. The smallest absolute Gasteiger partial charge is 0.258 e. The van der Waals surface area contributed by atoms with Gasteiger partial charge >= 0.3 is 0 Å². The van der Waals surface area contributed by atoms with Crippen LogP contribution in [0, 0.1) is 6.92 Å². The van der Waals surface area contributed by atoms with E-state index in [4.69, 9.17) is 16.3 Å². The zero-order valence-electron chi connectivity index (χ0n) is 17.1. The standard InChI is InChI=1S/C21H27ClN2O4S/c1-5-24(6-2)29(26,27)19-10-7-17(8-11-19)16(4)23-21(25)14-28-20-12-9-18(22)13-15(20)3/h7-13,16H,5-6,14H2,1-4H3,(H,23,25)/t16-/m1/s1. The quantitative estimate of drug-likeness (QED) is 0.643. The lowest BCUT2D eigenvalue weighted by atomic mass is 10.1. The first kappa shape index (κ1) is 23.2. The molecule has 0 bridgehead atoms. The summed E-state index contributed by atoms with van der Waals surface area (Å²) in [5, 5.41) is 3.46. The molecule has 0 fully saturated rings. The van der Waals surface area contributed by atoms with Crippen molar-refractivity contribution in [2.24, 2.45) is 0 Å². The number of carbonyl (C=O) groups excluding carboxylic acids is 1. The zero-order valence-corrected chi connectivity index (χ0v) is 18.7. The van der Waals surface area contributed by atoms with E-state index in [1.165, 1.54) is 4.31 Å². The van der Waals surface area contributed by atoms with Crippen molar-refractivity contribution >= 4 is 27.5 Å². The first-order chi connectivity index (χ1) is 13.7. The van der Waals surface area contributed by atoms with Gasteiger partial charge in [-0.25, -0.2) is 8.42 Å². The van der Waals surface area contributed by atoms with E-state index in [0.29, 0.717) is 23.9 Å². The average Bonchev–Trinajstić information content (AvgIpc) is 2.68. The topological polar surface area (TPSA) is 75.7 Å². The molecule has 0 saturated heterocycles. The Morgan fingerprint density at radius 2 is 1.76 bits per heavy atom. The summed E-state index contributed by atoms with van der Waals surface area (Å²) in [5.74, 6) is 0.329. The van der Waals surface area contributed by atoms with Crippen LogP contribution in [-0.2, 0) is 14.8 Å². The monoisotopic (exact) mass is 438 g/mol. The van der Waals surface area contributed by atoms with Gasteiger partial charge in [-0.1, -0.05) is 37.6 Å². The van der Waals surface area contributed by atoms with Gasteiger partial charge in [0.25, 0.3) is 5.91 Å². The van der Waals surface area contributed by atoms with Crippen molar-refractivity contribution in [3.05, 3.63) is 58.6 Å². The number of nitrogens with zero attached hydrogens (tertiary/aromatic N) is 1. The Morgan fingerprint density at radius 1 is 1.14 bits per heavy atom. The zero-order chi connectivity index (χ0) is 21.6. The molecule has 0 saturated carbocycles. The van der Waals surface area contributed by atoms with Gasteiger partial charge in [0, 0.05) is 18.1 Å². The molecule has 2 aromatic rings. The van der Waals surface area contributed by atoms with Crippen LogP contribution in [0.3, 0.4) is 0 Å². The molecule has 0 aliphatic rings. The molecule has 0 aliphatic heterocycles. The molecule has 8 heteroatoms. The Balaban J connectivity index is 1.98. The van der Waals surface area contributed by atoms with E-state index in [-0.39, 0.29) is 23.5 Å². The van der Waals surface area contributed by atoms with Crippen LogP contribution in [0.25, 0.3) is 0 Å². The molecule has 1 N–H and O–H groups in total. The summed E-state index contributed by atoms with van der Waals surface area (Å²) in [6, 6.07) is 11.5. The van der Waals surface area contributed by atoms with E-state index in [1.807, 2.05) is 13.8 Å². The lowest BCUT2D eigenvalue weighted by Crippen LogP contribution is -2.32. The van der Waals surface area contributed by atoms with Gasteiger partial charge < -0.3 is 10.1 Å². The van der Waals surface area contributed by atoms with Crippen LogP contribution < -0.4 is 10.1 Å². The van der Waals surface area contributed by atoms with Crippen molar-refractivity contribution in [2.45, 2.75) is 38.6 Å². The highest BCUT2D eigenvalue weighted by Gasteiger charge is 2.21. The summed E-state index contributed by atoms with van der Waals surface area (Å²) in [6.45, 7) is 8.01. The third-order valence-corrected chi connectivity index (χ3v) is 6.90. The van der Waals surface area contributed by atoms with Crippen LogP contribution in [0.5, 0.6) is 5.75 Å². The van der Waals surface area contributed by atoms with E-state index in [9.17, 15) is 13.2 Å². The molecule has 29 heavy (non-hydrogen) atoms. The van der Waals surface area contributed by atoms with Crippen molar-refractivity contribution in [1.82, 2.24) is 9.62 Å². The third kappa shape index (κ3) is 5.95. The van der Waals surface area contributed by atoms with Gasteiger partial charge in [-0.15, -0.1) is 0 Å². The van der Waals surface area contributed by atoms with Crippen molar-refractivity contribution in [3.8, 4) is 5.75 Å². The molecule has 6 nitrogen and oxygen atoms in total. The normalized spacial score (nSPS) is 12.6. The Morgan fingerprint density at radius 3 is 2.31 bits per heavy atom. The average molecular weight is 439 g/mol. The fraction of sp³-hybridized carbons (Fsp3) is 0.381. The molecule has 0 heterocycles. The molecular formula is C21H27ClN2O4S. The first-order valence-corrected chi connectivity index (χ1v) is 11.3. The molecule has 0 radical (unpaired) electrons. The Hall–Kier alpha value is -2.09. The van der Waals surface area contributed by atoms with Crippen LogP contribution in [0.2, 0.25) is 5.02 Å². The number of ether oxygens (including phenoxy) is 1. The lowest BCUT2D eigenvalue weighted by molar-refractivity contribution is -0.123. The molecule has 2 aromatic carbocycles. The Labute approximate surface area is 177 Å². The van der Waals surface area contributed by atoms with Crippen LogP contribution >= 0.6 is 11.6 Å². The number of nitrogens with one attached hydrogen (secondary N) is 1. The molecule has 1 amide bonds. The SMILES string of the molecule is CCN(CC)S(=O)(=O)c1ccc([C@@H](C)NC(=O)COc2ccc(Cl)cc2C)cc1. The number of carbonyl (C=O) groups is 1. The van der Waals surface area contributed by atoms with Gasteiger partial charge in [-0.05, 0) is 55.3 Å². The maximum atomic E-state index is 12.6. The predicted octanol–water partition coefficient (Wildman–Crippen LogP) is 3.94. The van der Waals surface area contributed by atoms with E-state index in [2.05, 4.69) is 5.32 Å². The lowest BCUT2D eigenvalue weighted by Gasteiger charge is -2.19. The number of hydrogen-bond donors (Lipinski definition) is 1. The second kappa shape index (κ2) is 10.1. The fourth-order valence-electron chi connectivity index (χ4n) is 2.93. The highest BCUT2D eigenvalue weighted by molar-refractivity contribution is 7.89. The number of aryl methyl sites for hydroxylation is 1. The number of rotatable bonds is 9. The second-order valence-electron chi connectivity index (χ2n) is 6.65. The van der Waals surface area contributed by atoms with Gasteiger partial charge in [0.15, 0.2) is 6.61 Å². The minimum atomic E-state index is -3.50. The van der Waals surface area contributed by atoms with Crippen LogP contribution in [0.1, 0.15) is 37.9 Å². The van der Waals surface area contributed by atoms with E-state index < -0.39 is 10.0 Å². The Bertz CT molecular complexity index is 942. The van der Waals surface area contributed by atoms with Gasteiger partial charge in [0.05, 0.1) is 10.9 Å². The predicted molar refractivity (Wildman–Crippen MR) is 115 cm³/mol. The second-order valence-corrected chi connectivity index (χ2v) is 9.02. The van der Waals surface area contributed by atoms with Crippen molar-refractivity contribution in [3.63, 3.8) is 0 Å². The summed E-state index contributed by atoms with van der Waals surface area (Å²) < 4.78 is 32.1. The largest absolute Gasteiger partial charge is 0.484 e. The van der Waals surface area contributed by atoms with Crippen LogP contribution in [0.15, 0.2) is 47.4 Å². The number of benzene rings is 2. The number of sulfonamides is 1. The van der Waals surface area contributed by atoms with Crippen molar-refractivity contribution < 1.29 is 17.9 Å². The van der Waals surface area contributed by atoms with Gasteiger partial charge in [0.2, 0.25) is 10.0 Å². The Kier molecular flexibility index (Phi) is 8.07. The first-order valence-electron chi connectivity index (χ1n) is 9.47. The summed E-state index contributed by atoms with van der Waals surface area (Å²) in [7, 11) is -3.50. The summed E-state index contributed by atoms with van der Waals surface area (Å²) >= 11 is 5.91. The van der Waals surface area contributed by atoms with E-state index in [1.54, 1.807) is 56.3 Å². The summed E-state index contributed by atoms with van der Waals surface area (Å²) in [6.07, 6.45) is 0. The van der Waals surface area contributed by atoms with Gasteiger partial charge in [0.1, 0.15) is 5.75 Å². The van der Waals surface area contributed by atoms with E-state index >= 15 is 0 Å². The molecule has 0 aliphatic carbocycles. The molecule has 2 rings (SSSR count). The number of halogens is 1. The third-order valence-electron chi connectivity index (χ3n) is 4.60. The molecular weight excluding hydrogens is 412 g/mol. The fourth-order valence-corrected chi connectivity index (χ4v) is 4.61. The highest BCUT2D eigenvalue weighted by Crippen LogP contribution is 2.22. The van der Waals surface area contributed by atoms with Crippen molar-refractivity contribution in [2.75, 3.05) is 19.7 Å². The number of amides is 1. The summed E-state index contributed by atoms with van der Waals surface area (Å²) in [4.78, 5) is 12.4. The minimum Gasteiger partial charge on any atom is -0.484 e. The molecule has 158 valence electrons. The minimum absolute atomic E-state index is 0.124. The van der Waals surface area contributed by atoms with E-state index in [0.717, 1.165) is 11.1 Å². The van der Waals surface area contributed by atoms with Gasteiger partial charge in [-0.2, -0.15) is 4.31 Å².